The largest absolute Gasteiger partial charge is 0.325 e. The molecule has 1 unspecified atom stereocenters. The summed E-state index contributed by atoms with van der Waals surface area (Å²) >= 11 is 0. The lowest BCUT2D eigenvalue weighted by atomic mass is 10.2. The molecule has 1 fully saturated rings. The SMILES string of the molecule is C=CCC(N)C(=O)Nc1cccc(S(=O)(=O)NC2CC2)c1. The number of sulfonamides is 1. The van der Waals surface area contributed by atoms with Crippen molar-refractivity contribution in [1.29, 1.82) is 0 Å². The molecule has 1 amide bonds. The van der Waals surface area contributed by atoms with Gasteiger partial charge in [0.1, 0.15) is 0 Å². The second-order valence-electron chi connectivity index (χ2n) is 5.04. The maximum atomic E-state index is 12.1. The van der Waals surface area contributed by atoms with Crippen LogP contribution in [0.5, 0.6) is 0 Å². The molecule has 0 spiro atoms. The molecule has 0 saturated heterocycles. The molecular weight excluding hydrogens is 290 g/mol. The summed E-state index contributed by atoms with van der Waals surface area (Å²) in [6.45, 7) is 3.52. The normalized spacial score (nSPS) is 16.2. The van der Waals surface area contributed by atoms with Gasteiger partial charge >= 0.3 is 0 Å². The predicted molar refractivity (Wildman–Crippen MR) is 81.2 cm³/mol. The van der Waals surface area contributed by atoms with Gasteiger partial charge in [-0.3, -0.25) is 4.79 Å². The Morgan fingerprint density at radius 2 is 2.19 bits per heavy atom. The van der Waals surface area contributed by atoms with Crippen molar-refractivity contribution in [1.82, 2.24) is 4.72 Å². The van der Waals surface area contributed by atoms with Crippen molar-refractivity contribution in [2.45, 2.75) is 36.2 Å². The third-order valence-corrected chi connectivity index (χ3v) is 4.59. The third-order valence-electron chi connectivity index (χ3n) is 3.07. The fourth-order valence-electron chi connectivity index (χ4n) is 1.75. The number of hydrogen-bond acceptors (Lipinski definition) is 4. The van der Waals surface area contributed by atoms with E-state index in [9.17, 15) is 13.2 Å². The van der Waals surface area contributed by atoms with Crippen LogP contribution < -0.4 is 15.8 Å². The Morgan fingerprint density at radius 1 is 1.48 bits per heavy atom. The Bertz CT molecular complexity index is 639. The van der Waals surface area contributed by atoms with Crippen molar-refractivity contribution in [3.05, 3.63) is 36.9 Å². The average Bonchev–Trinajstić information content (AvgIpc) is 3.22. The summed E-state index contributed by atoms with van der Waals surface area (Å²) in [5.74, 6) is -0.375. The summed E-state index contributed by atoms with van der Waals surface area (Å²) in [5, 5.41) is 2.60. The van der Waals surface area contributed by atoms with E-state index in [2.05, 4.69) is 16.6 Å². The monoisotopic (exact) mass is 309 g/mol. The number of amides is 1. The van der Waals surface area contributed by atoms with Gasteiger partial charge < -0.3 is 11.1 Å². The number of rotatable bonds is 7. The Balaban J connectivity index is 2.10. The Morgan fingerprint density at radius 3 is 2.81 bits per heavy atom. The van der Waals surface area contributed by atoms with Crippen LogP contribution in [0.25, 0.3) is 0 Å². The van der Waals surface area contributed by atoms with Crippen LogP contribution in [-0.2, 0) is 14.8 Å². The molecule has 1 aromatic carbocycles. The van der Waals surface area contributed by atoms with Gasteiger partial charge in [0, 0.05) is 11.7 Å². The van der Waals surface area contributed by atoms with Gasteiger partial charge in [0.15, 0.2) is 0 Å². The summed E-state index contributed by atoms with van der Waals surface area (Å²) < 4.78 is 26.8. The minimum atomic E-state index is -3.53. The highest BCUT2D eigenvalue weighted by Crippen LogP contribution is 2.23. The van der Waals surface area contributed by atoms with Gasteiger partial charge in [-0.15, -0.1) is 6.58 Å². The molecule has 7 heteroatoms. The molecule has 1 atom stereocenters. The van der Waals surface area contributed by atoms with Crippen LogP contribution in [-0.4, -0.2) is 26.4 Å². The van der Waals surface area contributed by atoms with Crippen LogP contribution in [0, 0.1) is 0 Å². The van der Waals surface area contributed by atoms with Gasteiger partial charge in [-0.05, 0) is 37.5 Å². The van der Waals surface area contributed by atoms with E-state index < -0.39 is 16.1 Å². The second kappa shape index (κ2) is 6.38. The van der Waals surface area contributed by atoms with E-state index in [1.165, 1.54) is 12.1 Å². The van der Waals surface area contributed by atoms with Gasteiger partial charge in [0.25, 0.3) is 0 Å². The number of carbonyl (C=O) groups is 1. The predicted octanol–water partition coefficient (Wildman–Crippen LogP) is 0.969. The quantitative estimate of drug-likeness (QED) is 0.653. The molecule has 0 radical (unpaired) electrons. The zero-order valence-electron chi connectivity index (χ0n) is 11.6. The topological polar surface area (TPSA) is 101 Å². The van der Waals surface area contributed by atoms with Crippen LogP contribution in [0.3, 0.4) is 0 Å². The van der Waals surface area contributed by atoms with Gasteiger partial charge in [0.2, 0.25) is 15.9 Å². The molecule has 0 aliphatic heterocycles. The first kappa shape index (κ1) is 15.7. The molecule has 1 aliphatic rings. The van der Waals surface area contributed by atoms with Crippen molar-refractivity contribution >= 4 is 21.6 Å². The number of carbonyl (C=O) groups excluding carboxylic acids is 1. The van der Waals surface area contributed by atoms with Crippen LogP contribution in [0.2, 0.25) is 0 Å². The highest BCUT2D eigenvalue weighted by Gasteiger charge is 2.28. The minimum Gasteiger partial charge on any atom is -0.325 e. The standard InChI is InChI=1S/C14H19N3O3S/c1-2-4-13(15)14(18)16-11-5-3-6-12(9-11)21(19,20)17-10-7-8-10/h2-3,5-6,9-10,13,17H,1,4,7-8,15H2,(H,16,18). The van der Waals surface area contributed by atoms with Crippen LogP contribution in [0.15, 0.2) is 41.8 Å². The van der Waals surface area contributed by atoms with Crippen molar-refractivity contribution in [3.63, 3.8) is 0 Å². The lowest BCUT2D eigenvalue weighted by molar-refractivity contribution is -0.117. The molecule has 1 aromatic rings. The van der Waals surface area contributed by atoms with E-state index >= 15 is 0 Å². The van der Waals surface area contributed by atoms with Crippen molar-refractivity contribution in [2.24, 2.45) is 5.73 Å². The first-order chi connectivity index (χ1) is 9.92. The van der Waals surface area contributed by atoms with Crippen molar-refractivity contribution < 1.29 is 13.2 Å². The van der Waals surface area contributed by atoms with Crippen LogP contribution >= 0.6 is 0 Å². The summed E-state index contributed by atoms with van der Waals surface area (Å²) in [6, 6.07) is 5.44. The fourth-order valence-corrected chi connectivity index (χ4v) is 3.10. The van der Waals surface area contributed by atoms with E-state index in [4.69, 9.17) is 5.73 Å². The summed E-state index contributed by atoms with van der Waals surface area (Å²) in [4.78, 5) is 11.9. The van der Waals surface area contributed by atoms with Gasteiger partial charge in [-0.1, -0.05) is 12.1 Å². The Labute approximate surface area is 124 Å². The highest BCUT2D eigenvalue weighted by molar-refractivity contribution is 7.89. The zero-order chi connectivity index (χ0) is 15.5. The van der Waals surface area contributed by atoms with E-state index in [0.717, 1.165) is 12.8 Å². The van der Waals surface area contributed by atoms with E-state index in [1.54, 1.807) is 18.2 Å². The molecule has 0 aromatic heterocycles. The lowest BCUT2D eigenvalue weighted by Crippen LogP contribution is -2.35. The van der Waals surface area contributed by atoms with Crippen molar-refractivity contribution in [2.75, 3.05) is 5.32 Å². The molecule has 21 heavy (non-hydrogen) atoms. The average molecular weight is 309 g/mol. The van der Waals surface area contributed by atoms with E-state index in [-0.39, 0.29) is 16.8 Å². The summed E-state index contributed by atoms with van der Waals surface area (Å²) in [5.41, 5.74) is 6.06. The van der Waals surface area contributed by atoms with Gasteiger partial charge in [0.05, 0.1) is 10.9 Å². The molecule has 4 N–H and O–H groups in total. The lowest BCUT2D eigenvalue weighted by Gasteiger charge is -2.11. The Hall–Kier alpha value is -1.70. The van der Waals surface area contributed by atoms with E-state index in [0.29, 0.717) is 12.1 Å². The molecule has 2 rings (SSSR count). The van der Waals surface area contributed by atoms with Crippen molar-refractivity contribution in [3.8, 4) is 0 Å². The highest BCUT2D eigenvalue weighted by atomic mass is 32.2. The molecule has 0 bridgehead atoms. The number of nitrogens with two attached hydrogens (primary N) is 1. The van der Waals surface area contributed by atoms with Crippen LogP contribution in [0.1, 0.15) is 19.3 Å². The first-order valence-electron chi connectivity index (χ1n) is 6.72. The number of benzene rings is 1. The first-order valence-corrected chi connectivity index (χ1v) is 8.20. The molecular formula is C14H19N3O3S. The molecule has 1 aliphatic carbocycles. The Kier molecular flexibility index (Phi) is 4.76. The molecule has 6 nitrogen and oxygen atoms in total. The molecule has 0 heterocycles. The van der Waals surface area contributed by atoms with Crippen LogP contribution in [0.4, 0.5) is 5.69 Å². The van der Waals surface area contributed by atoms with E-state index in [1.807, 2.05) is 0 Å². The number of nitrogens with one attached hydrogen (secondary N) is 2. The smallest absolute Gasteiger partial charge is 0.241 e. The number of hydrogen-bond donors (Lipinski definition) is 3. The fraction of sp³-hybridized carbons (Fsp3) is 0.357. The zero-order valence-corrected chi connectivity index (χ0v) is 12.4. The summed E-state index contributed by atoms with van der Waals surface area (Å²) in [7, 11) is -3.53. The maximum absolute atomic E-state index is 12.1. The van der Waals surface area contributed by atoms with Gasteiger partial charge in [-0.25, -0.2) is 13.1 Å². The summed E-state index contributed by atoms with van der Waals surface area (Å²) in [6.07, 6.45) is 3.65. The molecule has 114 valence electrons. The second-order valence-corrected chi connectivity index (χ2v) is 6.76. The maximum Gasteiger partial charge on any atom is 0.241 e. The van der Waals surface area contributed by atoms with Gasteiger partial charge in [-0.2, -0.15) is 0 Å². The third kappa shape index (κ3) is 4.38. The molecule has 1 saturated carbocycles. The number of anilines is 1. The minimum absolute atomic E-state index is 0.0364.